The van der Waals surface area contributed by atoms with Gasteiger partial charge in [-0.2, -0.15) is 0 Å². The Morgan fingerprint density at radius 3 is 2.52 bits per heavy atom. The molecule has 0 amide bonds. The van der Waals surface area contributed by atoms with Gasteiger partial charge in [-0.15, -0.1) is 0 Å². The van der Waals surface area contributed by atoms with Crippen molar-refractivity contribution in [2.24, 2.45) is 0 Å². The summed E-state index contributed by atoms with van der Waals surface area (Å²) < 4.78 is 33.3. The molecule has 4 aromatic rings. The van der Waals surface area contributed by atoms with E-state index in [1.165, 1.54) is 0 Å². The highest BCUT2D eigenvalue weighted by Crippen LogP contribution is 2.30. The molecule has 0 saturated carbocycles. The second-order valence-electron chi connectivity index (χ2n) is 6.16. The fourth-order valence-corrected chi connectivity index (χ4v) is 4.20. The number of nitrogens with one attached hydrogen (secondary N) is 1. The Kier molecular flexibility index (Phi) is 3.73. The summed E-state index contributed by atoms with van der Waals surface area (Å²) >= 11 is 0. The fraction of sp³-hybridized carbons (Fsp3) is 0.100. The Labute approximate surface area is 146 Å². The van der Waals surface area contributed by atoms with Crippen LogP contribution in [0.15, 0.2) is 71.1 Å². The molecule has 0 saturated heterocycles. The minimum absolute atomic E-state index is 0.0627. The maximum atomic E-state index is 12.4. The highest BCUT2D eigenvalue weighted by Gasteiger charge is 2.13. The predicted molar refractivity (Wildman–Crippen MR) is 101 cm³/mol. The molecule has 0 aliphatic rings. The lowest BCUT2D eigenvalue weighted by Crippen LogP contribution is -2.15. The van der Waals surface area contributed by atoms with Crippen molar-refractivity contribution in [2.75, 3.05) is 4.72 Å². The number of rotatable bonds is 4. The standard InChI is InChI=1S/C20H17NO3S/c1-14-5-4-6-15(11-14)13-25(22,23)21-16-9-10-18-17-7-2-3-8-19(17)24-20(18)12-16/h2-12,21H,13H2,1H3. The summed E-state index contributed by atoms with van der Waals surface area (Å²) in [6, 6.07) is 20.6. The first-order valence-electron chi connectivity index (χ1n) is 7.97. The van der Waals surface area contributed by atoms with E-state index in [1.54, 1.807) is 12.1 Å². The van der Waals surface area contributed by atoms with E-state index in [4.69, 9.17) is 4.42 Å². The predicted octanol–water partition coefficient (Wildman–Crippen LogP) is 4.84. The van der Waals surface area contributed by atoms with Gasteiger partial charge < -0.3 is 4.42 Å². The molecular formula is C20H17NO3S. The summed E-state index contributed by atoms with van der Waals surface area (Å²) in [6.45, 7) is 1.94. The van der Waals surface area contributed by atoms with E-state index >= 15 is 0 Å². The molecular weight excluding hydrogens is 334 g/mol. The van der Waals surface area contributed by atoms with Crippen molar-refractivity contribution < 1.29 is 12.8 Å². The van der Waals surface area contributed by atoms with E-state index in [0.717, 1.165) is 27.5 Å². The third-order valence-electron chi connectivity index (χ3n) is 4.09. The van der Waals surface area contributed by atoms with Crippen molar-refractivity contribution >= 4 is 37.6 Å². The molecule has 0 fully saturated rings. The summed E-state index contributed by atoms with van der Waals surface area (Å²) in [7, 11) is -3.49. The maximum Gasteiger partial charge on any atom is 0.236 e. The van der Waals surface area contributed by atoms with Gasteiger partial charge in [0.25, 0.3) is 0 Å². The number of hydrogen-bond donors (Lipinski definition) is 1. The maximum absolute atomic E-state index is 12.4. The third kappa shape index (κ3) is 3.23. The minimum Gasteiger partial charge on any atom is -0.456 e. The second kappa shape index (κ2) is 5.93. The summed E-state index contributed by atoms with van der Waals surface area (Å²) in [5, 5.41) is 1.99. The molecule has 1 aromatic heterocycles. The quantitative estimate of drug-likeness (QED) is 0.572. The number of sulfonamides is 1. The number of para-hydroxylation sites is 1. The van der Waals surface area contributed by atoms with Gasteiger partial charge in [0, 0.05) is 16.8 Å². The topological polar surface area (TPSA) is 59.3 Å². The van der Waals surface area contributed by atoms with Crippen molar-refractivity contribution in [2.45, 2.75) is 12.7 Å². The van der Waals surface area contributed by atoms with E-state index < -0.39 is 10.0 Å². The highest BCUT2D eigenvalue weighted by atomic mass is 32.2. The van der Waals surface area contributed by atoms with Gasteiger partial charge in [0.05, 0.1) is 11.4 Å². The van der Waals surface area contributed by atoms with E-state index in [1.807, 2.05) is 61.5 Å². The van der Waals surface area contributed by atoms with Gasteiger partial charge in [-0.05, 0) is 30.7 Å². The van der Waals surface area contributed by atoms with E-state index in [9.17, 15) is 8.42 Å². The van der Waals surface area contributed by atoms with Gasteiger partial charge in [0.1, 0.15) is 11.2 Å². The number of furan rings is 1. The van der Waals surface area contributed by atoms with Crippen LogP contribution in [-0.2, 0) is 15.8 Å². The van der Waals surface area contributed by atoms with Crippen LogP contribution in [0.1, 0.15) is 11.1 Å². The molecule has 3 aromatic carbocycles. The van der Waals surface area contributed by atoms with Gasteiger partial charge >= 0.3 is 0 Å². The molecule has 0 aliphatic heterocycles. The third-order valence-corrected chi connectivity index (χ3v) is 5.35. The molecule has 4 rings (SSSR count). The molecule has 0 aliphatic carbocycles. The highest BCUT2D eigenvalue weighted by molar-refractivity contribution is 7.91. The average molecular weight is 351 g/mol. The first kappa shape index (κ1) is 15.7. The summed E-state index contributed by atoms with van der Waals surface area (Å²) in [5.41, 5.74) is 3.75. The first-order valence-corrected chi connectivity index (χ1v) is 9.63. The zero-order valence-corrected chi connectivity index (χ0v) is 14.5. The van der Waals surface area contributed by atoms with Crippen molar-refractivity contribution in [3.8, 4) is 0 Å². The molecule has 0 atom stereocenters. The van der Waals surface area contributed by atoms with Gasteiger partial charge in [0.2, 0.25) is 10.0 Å². The van der Waals surface area contributed by atoms with Crippen molar-refractivity contribution in [3.63, 3.8) is 0 Å². The van der Waals surface area contributed by atoms with Gasteiger partial charge in [-0.1, -0.05) is 48.0 Å². The Morgan fingerprint density at radius 1 is 0.880 bits per heavy atom. The number of fused-ring (bicyclic) bond motifs is 3. The molecule has 5 heteroatoms. The van der Waals surface area contributed by atoms with Crippen LogP contribution in [0.4, 0.5) is 5.69 Å². The Morgan fingerprint density at radius 2 is 1.68 bits per heavy atom. The molecule has 4 nitrogen and oxygen atoms in total. The molecule has 25 heavy (non-hydrogen) atoms. The number of hydrogen-bond acceptors (Lipinski definition) is 3. The van der Waals surface area contributed by atoms with Crippen LogP contribution in [0, 0.1) is 6.92 Å². The SMILES string of the molecule is Cc1cccc(CS(=O)(=O)Nc2ccc3c(c2)oc2ccccc23)c1. The summed E-state index contributed by atoms with van der Waals surface area (Å²) in [4.78, 5) is 0. The van der Waals surface area contributed by atoms with Crippen LogP contribution in [0.5, 0.6) is 0 Å². The van der Waals surface area contributed by atoms with Gasteiger partial charge in [-0.3, -0.25) is 4.72 Å². The zero-order chi connectivity index (χ0) is 17.4. The number of aryl methyl sites for hydroxylation is 1. The molecule has 1 N–H and O–H groups in total. The molecule has 0 spiro atoms. The van der Waals surface area contributed by atoms with Crippen LogP contribution < -0.4 is 4.72 Å². The van der Waals surface area contributed by atoms with Crippen LogP contribution in [0.2, 0.25) is 0 Å². The lowest BCUT2D eigenvalue weighted by Gasteiger charge is -2.08. The second-order valence-corrected chi connectivity index (χ2v) is 7.88. The summed E-state index contributed by atoms with van der Waals surface area (Å²) in [6.07, 6.45) is 0. The van der Waals surface area contributed by atoms with Crippen LogP contribution >= 0.6 is 0 Å². The zero-order valence-electron chi connectivity index (χ0n) is 13.7. The molecule has 126 valence electrons. The minimum atomic E-state index is -3.49. The normalized spacial score (nSPS) is 11.9. The largest absolute Gasteiger partial charge is 0.456 e. The lowest BCUT2D eigenvalue weighted by atomic mass is 10.1. The van der Waals surface area contributed by atoms with Crippen LogP contribution in [0.25, 0.3) is 21.9 Å². The molecule has 0 radical (unpaired) electrons. The lowest BCUT2D eigenvalue weighted by molar-refractivity contribution is 0.600. The van der Waals surface area contributed by atoms with Gasteiger partial charge in [0.15, 0.2) is 0 Å². The van der Waals surface area contributed by atoms with Gasteiger partial charge in [-0.25, -0.2) is 8.42 Å². The molecule has 0 bridgehead atoms. The monoisotopic (exact) mass is 351 g/mol. The first-order chi connectivity index (χ1) is 12.0. The van der Waals surface area contributed by atoms with Crippen LogP contribution in [0.3, 0.4) is 0 Å². The van der Waals surface area contributed by atoms with E-state index in [2.05, 4.69) is 4.72 Å². The Balaban J connectivity index is 1.64. The number of anilines is 1. The molecule has 1 heterocycles. The van der Waals surface area contributed by atoms with E-state index in [-0.39, 0.29) is 5.75 Å². The number of benzene rings is 3. The average Bonchev–Trinajstić information content (AvgIpc) is 2.91. The van der Waals surface area contributed by atoms with Crippen molar-refractivity contribution in [1.29, 1.82) is 0 Å². The van der Waals surface area contributed by atoms with Crippen molar-refractivity contribution in [3.05, 3.63) is 77.9 Å². The Hall–Kier alpha value is -2.79. The van der Waals surface area contributed by atoms with Crippen LogP contribution in [-0.4, -0.2) is 8.42 Å². The smallest absolute Gasteiger partial charge is 0.236 e. The molecule has 0 unspecified atom stereocenters. The summed E-state index contributed by atoms with van der Waals surface area (Å²) in [5.74, 6) is -0.0627. The van der Waals surface area contributed by atoms with E-state index in [0.29, 0.717) is 11.3 Å². The van der Waals surface area contributed by atoms with Crippen molar-refractivity contribution in [1.82, 2.24) is 0 Å². The fourth-order valence-electron chi connectivity index (χ4n) is 3.03. The Bertz CT molecular complexity index is 1180.